The van der Waals surface area contributed by atoms with Crippen LogP contribution < -0.4 is 5.73 Å². The number of carbonyl (C=O) groups excluding carboxylic acids is 1. The summed E-state index contributed by atoms with van der Waals surface area (Å²) >= 11 is 0. The molecule has 0 unspecified atom stereocenters. The fraction of sp³-hybridized carbons (Fsp3) is 0.385. The largest absolute Gasteiger partial charge is 0.379 e. The molecule has 0 saturated carbocycles. The molecule has 2 N–H and O–H groups in total. The van der Waals surface area contributed by atoms with Gasteiger partial charge in [0.1, 0.15) is 0 Å². The molecule has 3 heterocycles. The molecule has 19 heavy (non-hydrogen) atoms. The molecule has 100 valence electrons. The van der Waals surface area contributed by atoms with Crippen LogP contribution in [0.5, 0.6) is 0 Å². The zero-order chi connectivity index (χ0) is 13.2. The van der Waals surface area contributed by atoms with Gasteiger partial charge >= 0.3 is 0 Å². The quantitative estimate of drug-likeness (QED) is 0.859. The number of morpholine rings is 1. The van der Waals surface area contributed by atoms with E-state index in [9.17, 15) is 4.79 Å². The van der Waals surface area contributed by atoms with Crippen molar-refractivity contribution in [3.05, 3.63) is 35.9 Å². The molecule has 2 aromatic heterocycles. The highest BCUT2D eigenvalue weighted by Gasteiger charge is 2.18. The maximum atomic E-state index is 11.4. The molecule has 0 atom stereocenters. The summed E-state index contributed by atoms with van der Waals surface area (Å²) in [4.78, 5) is 18.1. The molecule has 0 aliphatic carbocycles. The molecule has 1 aliphatic rings. The number of amides is 1. The van der Waals surface area contributed by atoms with Crippen molar-refractivity contribution in [3.8, 4) is 0 Å². The average molecular weight is 260 g/mol. The van der Waals surface area contributed by atoms with Crippen molar-refractivity contribution >= 4 is 11.4 Å². The summed E-state index contributed by atoms with van der Waals surface area (Å²) in [5, 5.41) is 0. The van der Waals surface area contributed by atoms with E-state index >= 15 is 0 Å². The Bertz CT molecular complexity index is 602. The zero-order valence-electron chi connectivity index (χ0n) is 10.6. The van der Waals surface area contributed by atoms with E-state index in [1.807, 2.05) is 24.4 Å². The number of rotatable bonds is 3. The smallest absolute Gasteiger partial charge is 0.285 e. The van der Waals surface area contributed by atoms with E-state index in [1.54, 1.807) is 4.40 Å². The summed E-state index contributed by atoms with van der Waals surface area (Å²) in [6.45, 7) is 3.97. The summed E-state index contributed by atoms with van der Waals surface area (Å²) in [5.74, 6) is -0.215. The highest BCUT2D eigenvalue weighted by Crippen LogP contribution is 2.15. The molecular weight excluding hydrogens is 244 g/mol. The number of nitrogens with zero attached hydrogens (tertiary/aromatic N) is 3. The first-order valence-electron chi connectivity index (χ1n) is 6.31. The Balaban J connectivity index is 1.96. The van der Waals surface area contributed by atoms with Gasteiger partial charge in [-0.1, -0.05) is 6.07 Å². The third-order valence-electron chi connectivity index (χ3n) is 3.32. The van der Waals surface area contributed by atoms with Crippen LogP contribution in [-0.4, -0.2) is 46.5 Å². The molecule has 0 bridgehead atoms. The highest BCUT2D eigenvalue weighted by atomic mass is 16.5. The van der Waals surface area contributed by atoms with Gasteiger partial charge in [0, 0.05) is 25.8 Å². The van der Waals surface area contributed by atoms with Crippen molar-refractivity contribution in [2.24, 2.45) is 5.73 Å². The number of nitrogens with two attached hydrogens (primary N) is 1. The summed E-state index contributed by atoms with van der Waals surface area (Å²) in [6.07, 6.45) is 1.81. The van der Waals surface area contributed by atoms with Gasteiger partial charge in [-0.15, -0.1) is 0 Å². The second-order valence-electron chi connectivity index (χ2n) is 4.59. The van der Waals surface area contributed by atoms with E-state index in [2.05, 4.69) is 9.88 Å². The maximum Gasteiger partial charge on any atom is 0.285 e. The van der Waals surface area contributed by atoms with Crippen LogP contribution in [0.3, 0.4) is 0 Å². The topological polar surface area (TPSA) is 72.9 Å². The summed E-state index contributed by atoms with van der Waals surface area (Å²) < 4.78 is 7.08. The van der Waals surface area contributed by atoms with E-state index in [-0.39, 0.29) is 0 Å². The van der Waals surface area contributed by atoms with Crippen molar-refractivity contribution in [3.63, 3.8) is 0 Å². The molecule has 0 spiro atoms. The number of aromatic nitrogens is 2. The van der Waals surface area contributed by atoms with Crippen LogP contribution in [0.4, 0.5) is 0 Å². The average Bonchev–Trinajstić information content (AvgIpc) is 2.79. The number of ether oxygens (including phenoxy) is 1. The molecule has 6 heteroatoms. The second-order valence-corrected chi connectivity index (χ2v) is 4.59. The Morgan fingerprint density at radius 3 is 2.89 bits per heavy atom. The van der Waals surface area contributed by atoms with Crippen LogP contribution in [0.2, 0.25) is 0 Å². The van der Waals surface area contributed by atoms with Crippen LogP contribution in [-0.2, 0) is 11.3 Å². The van der Waals surface area contributed by atoms with E-state index in [0.29, 0.717) is 12.4 Å². The van der Waals surface area contributed by atoms with E-state index in [1.165, 1.54) is 0 Å². The monoisotopic (exact) mass is 260 g/mol. The fourth-order valence-corrected chi connectivity index (χ4v) is 2.36. The summed E-state index contributed by atoms with van der Waals surface area (Å²) in [6, 6.07) is 5.75. The van der Waals surface area contributed by atoms with E-state index in [4.69, 9.17) is 10.5 Å². The van der Waals surface area contributed by atoms with Crippen molar-refractivity contribution in [1.82, 2.24) is 14.3 Å². The Labute approximate surface area is 110 Å². The molecular formula is C13H16N4O2. The van der Waals surface area contributed by atoms with Crippen LogP contribution in [0.15, 0.2) is 24.4 Å². The van der Waals surface area contributed by atoms with Gasteiger partial charge in [0.15, 0.2) is 0 Å². The normalized spacial score (nSPS) is 16.8. The van der Waals surface area contributed by atoms with Gasteiger partial charge in [0.05, 0.1) is 24.4 Å². The SMILES string of the molecule is NC(=O)c1nc(CN2CCOCC2)c2ccccn12. The molecule has 0 aromatic carbocycles. The van der Waals surface area contributed by atoms with Crippen LogP contribution in [0, 0.1) is 0 Å². The summed E-state index contributed by atoms with van der Waals surface area (Å²) in [5.41, 5.74) is 7.19. The Morgan fingerprint density at radius 2 is 2.16 bits per heavy atom. The molecule has 1 fully saturated rings. The minimum atomic E-state index is -0.505. The lowest BCUT2D eigenvalue weighted by Gasteiger charge is -2.25. The Morgan fingerprint density at radius 1 is 1.37 bits per heavy atom. The third-order valence-corrected chi connectivity index (χ3v) is 3.32. The molecule has 0 radical (unpaired) electrons. The van der Waals surface area contributed by atoms with Crippen LogP contribution in [0.25, 0.3) is 5.52 Å². The standard InChI is InChI=1S/C13H16N4O2/c14-12(18)13-15-10(9-16-5-7-19-8-6-16)11-3-1-2-4-17(11)13/h1-4H,5-9H2,(H2,14,18). The minimum Gasteiger partial charge on any atom is -0.379 e. The lowest BCUT2D eigenvalue weighted by atomic mass is 10.3. The van der Waals surface area contributed by atoms with Gasteiger partial charge < -0.3 is 10.5 Å². The molecule has 6 nitrogen and oxygen atoms in total. The lowest BCUT2D eigenvalue weighted by molar-refractivity contribution is 0.0338. The van der Waals surface area contributed by atoms with Crippen molar-refractivity contribution in [2.45, 2.75) is 6.54 Å². The molecule has 1 aliphatic heterocycles. The first-order valence-corrected chi connectivity index (χ1v) is 6.31. The lowest BCUT2D eigenvalue weighted by Crippen LogP contribution is -2.35. The number of hydrogen-bond donors (Lipinski definition) is 1. The summed E-state index contributed by atoms with van der Waals surface area (Å²) in [7, 11) is 0. The van der Waals surface area contributed by atoms with Crippen molar-refractivity contribution in [1.29, 1.82) is 0 Å². The van der Waals surface area contributed by atoms with Gasteiger partial charge in [-0.05, 0) is 12.1 Å². The zero-order valence-corrected chi connectivity index (χ0v) is 10.6. The first-order chi connectivity index (χ1) is 9.25. The number of fused-ring (bicyclic) bond motifs is 1. The minimum absolute atomic E-state index is 0.291. The predicted octanol–water partition coefficient (Wildman–Crippen LogP) is 0.265. The Hall–Kier alpha value is -1.92. The Kier molecular flexibility index (Phi) is 3.18. The van der Waals surface area contributed by atoms with Crippen LogP contribution in [0.1, 0.15) is 16.3 Å². The number of pyridine rings is 1. The van der Waals surface area contributed by atoms with E-state index < -0.39 is 5.91 Å². The van der Waals surface area contributed by atoms with Crippen LogP contribution >= 0.6 is 0 Å². The van der Waals surface area contributed by atoms with Crippen molar-refractivity contribution in [2.75, 3.05) is 26.3 Å². The molecule has 3 rings (SSSR count). The number of hydrogen-bond acceptors (Lipinski definition) is 4. The molecule has 1 saturated heterocycles. The van der Waals surface area contributed by atoms with Gasteiger partial charge in [0.25, 0.3) is 5.91 Å². The van der Waals surface area contributed by atoms with Gasteiger partial charge in [-0.2, -0.15) is 0 Å². The predicted molar refractivity (Wildman–Crippen MR) is 69.8 cm³/mol. The first kappa shape index (κ1) is 12.1. The fourth-order valence-electron chi connectivity index (χ4n) is 2.36. The van der Waals surface area contributed by atoms with E-state index in [0.717, 1.165) is 37.5 Å². The van der Waals surface area contributed by atoms with Crippen molar-refractivity contribution < 1.29 is 9.53 Å². The maximum absolute atomic E-state index is 11.4. The second kappa shape index (κ2) is 4.99. The highest BCUT2D eigenvalue weighted by molar-refractivity contribution is 5.90. The number of carbonyl (C=O) groups is 1. The van der Waals surface area contributed by atoms with Gasteiger partial charge in [-0.25, -0.2) is 4.98 Å². The number of imidazole rings is 1. The van der Waals surface area contributed by atoms with Gasteiger partial charge in [-0.3, -0.25) is 14.1 Å². The third kappa shape index (κ3) is 2.32. The number of primary amides is 1. The van der Waals surface area contributed by atoms with Gasteiger partial charge in [0.2, 0.25) is 5.82 Å². The molecule has 1 amide bonds. The molecule has 2 aromatic rings.